The third kappa shape index (κ3) is 4.50. The van der Waals surface area contributed by atoms with Gasteiger partial charge in [-0.05, 0) is 36.8 Å². The van der Waals surface area contributed by atoms with Crippen LogP contribution in [0.5, 0.6) is 17.2 Å². The molecule has 6 nitrogen and oxygen atoms in total. The highest BCUT2D eigenvalue weighted by Crippen LogP contribution is 2.38. The first kappa shape index (κ1) is 20.2. The van der Waals surface area contributed by atoms with E-state index >= 15 is 0 Å². The number of benzene rings is 2. The molecule has 0 bridgehead atoms. The van der Waals surface area contributed by atoms with Gasteiger partial charge in [0.2, 0.25) is 11.2 Å². The number of rotatable bonds is 5. The summed E-state index contributed by atoms with van der Waals surface area (Å²) >= 11 is 0. The van der Waals surface area contributed by atoms with E-state index in [-0.39, 0.29) is 22.5 Å². The molecule has 0 spiro atoms. The van der Waals surface area contributed by atoms with E-state index in [1.54, 1.807) is 19.1 Å². The topological polar surface area (TPSA) is 75.0 Å². The van der Waals surface area contributed by atoms with Gasteiger partial charge in [0.25, 0.3) is 5.76 Å². The van der Waals surface area contributed by atoms with Gasteiger partial charge in [0, 0.05) is 6.07 Å². The second-order valence-electron chi connectivity index (χ2n) is 6.03. The molecule has 0 saturated carbocycles. The summed E-state index contributed by atoms with van der Waals surface area (Å²) in [5, 5.41) is -0.133. The summed E-state index contributed by atoms with van der Waals surface area (Å²) < 4.78 is 60.4. The SMILES string of the molecule is COC(=O)COc1ccc2c(=O)c(Oc3cccc(C)c3)c(C(F)(F)F)oc2c1. The lowest BCUT2D eigenvalue weighted by Crippen LogP contribution is -2.16. The number of carbonyl (C=O) groups excluding carboxylic acids is 1. The maximum Gasteiger partial charge on any atom is 0.453 e. The monoisotopic (exact) mass is 408 g/mol. The maximum atomic E-state index is 13.5. The van der Waals surface area contributed by atoms with Crippen LogP contribution in [0.3, 0.4) is 0 Å². The van der Waals surface area contributed by atoms with Crippen LogP contribution >= 0.6 is 0 Å². The van der Waals surface area contributed by atoms with Gasteiger partial charge in [0.15, 0.2) is 6.61 Å². The molecule has 152 valence electrons. The van der Waals surface area contributed by atoms with Gasteiger partial charge in [0.1, 0.15) is 17.1 Å². The number of ether oxygens (including phenoxy) is 3. The van der Waals surface area contributed by atoms with Gasteiger partial charge < -0.3 is 18.6 Å². The van der Waals surface area contributed by atoms with E-state index < -0.39 is 35.7 Å². The summed E-state index contributed by atoms with van der Waals surface area (Å²) in [5.41, 5.74) is -0.602. The van der Waals surface area contributed by atoms with E-state index in [4.69, 9.17) is 13.9 Å². The van der Waals surface area contributed by atoms with Crippen molar-refractivity contribution in [3.05, 3.63) is 64.0 Å². The molecule has 0 fully saturated rings. The molecule has 0 saturated heterocycles. The lowest BCUT2D eigenvalue weighted by molar-refractivity contribution is -0.154. The Hall–Kier alpha value is -3.49. The van der Waals surface area contributed by atoms with Crippen molar-refractivity contribution >= 4 is 16.9 Å². The Morgan fingerprint density at radius 3 is 2.52 bits per heavy atom. The third-order valence-corrected chi connectivity index (χ3v) is 3.87. The Kier molecular flexibility index (Phi) is 5.49. The summed E-state index contributed by atoms with van der Waals surface area (Å²) in [5.74, 6) is -3.10. The Balaban J connectivity index is 2.09. The van der Waals surface area contributed by atoms with Crippen LogP contribution < -0.4 is 14.9 Å². The van der Waals surface area contributed by atoms with Crippen LogP contribution in [0.15, 0.2) is 51.7 Å². The first-order valence-electron chi connectivity index (χ1n) is 8.31. The zero-order valence-corrected chi connectivity index (χ0v) is 15.3. The fourth-order valence-electron chi connectivity index (χ4n) is 2.52. The van der Waals surface area contributed by atoms with Crippen LogP contribution in [0.2, 0.25) is 0 Å². The van der Waals surface area contributed by atoms with E-state index in [1.807, 2.05) is 0 Å². The molecule has 0 unspecified atom stereocenters. The molecule has 3 aromatic rings. The second-order valence-corrected chi connectivity index (χ2v) is 6.03. The second kappa shape index (κ2) is 7.86. The van der Waals surface area contributed by atoms with Crippen molar-refractivity contribution in [2.45, 2.75) is 13.1 Å². The molecule has 0 aliphatic rings. The first-order valence-corrected chi connectivity index (χ1v) is 8.31. The van der Waals surface area contributed by atoms with Crippen molar-refractivity contribution in [1.29, 1.82) is 0 Å². The fourth-order valence-corrected chi connectivity index (χ4v) is 2.52. The molecule has 3 rings (SSSR count). The van der Waals surface area contributed by atoms with Crippen LogP contribution in [0.25, 0.3) is 11.0 Å². The largest absolute Gasteiger partial charge is 0.482 e. The minimum absolute atomic E-state index is 0.0338. The molecule has 0 N–H and O–H groups in total. The third-order valence-electron chi connectivity index (χ3n) is 3.87. The predicted octanol–water partition coefficient (Wildman–Crippen LogP) is 4.46. The van der Waals surface area contributed by atoms with Gasteiger partial charge in [-0.2, -0.15) is 13.2 Å². The van der Waals surface area contributed by atoms with Crippen LogP contribution in [0.4, 0.5) is 13.2 Å². The van der Waals surface area contributed by atoms with Gasteiger partial charge in [0.05, 0.1) is 12.5 Å². The van der Waals surface area contributed by atoms with Gasteiger partial charge in [-0.15, -0.1) is 0 Å². The molecular formula is C20H15F3O6. The maximum absolute atomic E-state index is 13.5. The minimum Gasteiger partial charge on any atom is -0.482 e. The van der Waals surface area contributed by atoms with Crippen molar-refractivity contribution < 1.29 is 36.6 Å². The van der Waals surface area contributed by atoms with Crippen molar-refractivity contribution in [3.63, 3.8) is 0 Å². The number of halogens is 3. The summed E-state index contributed by atoms with van der Waals surface area (Å²) in [6, 6.07) is 9.89. The van der Waals surface area contributed by atoms with Crippen molar-refractivity contribution in [3.8, 4) is 17.2 Å². The molecule has 9 heteroatoms. The van der Waals surface area contributed by atoms with E-state index in [2.05, 4.69) is 4.74 Å². The van der Waals surface area contributed by atoms with Crippen LogP contribution in [0, 0.1) is 6.92 Å². The molecule has 0 atom stereocenters. The summed E-state index contributed by atoms with van der Waals surface area (Å²) in [6.07, 6.45) is -4.98. The van der Waals surface area contributed by atoms with Crippen molar-refractivity contribution in [1.82, 2.24) is 0 Å². The Labute approximate surface area is 162 Å². The van der Waals surface area contributed by atoms with E-state index in [0.29, 0.717) is 0 Å². The standard InChI is InChI=1S/C20H15F3O6/c1-11-4-3-5-13(8-11)28-18-17(25)14-7-6-12(27-10-16(24)26-2)9-15(14)29-19(18)20(21,22)23/h3-9H,10H2,1-2H3. The molecule has 0 radical (unpaired) electrons. The van der Waals surface area contributed by atoms with Gasteiger partial charge >= 0.3 is 12.1 Å². The molecular weight excluding hydrogens is 393 g/mol. The number of alkyl halides is 3. The zero-order chi connectivity index (χ0) is 21.2. The lowest BCUT2D eigenvalue weighted by atomic mass is 10.2. The fraction of sp³-hybridized carbons (Fsp3) is 0.200. The number of carbonyl (C=O) groups is 1. The van der Waals surface area contributed by atoms with Gasteiger partial charge in [-0.1, -0.05) is 12.1 Å². The Morgan fingerprint density at radius 2 is 1.86 bits per heavy atom. The average Bonchev–Trinajstić information content (AvgIpc) is 2.67. The molecule has 1 aromatic heterocycles. The number of aryl methyl sites for hydroxylation is 1. The normalized spacial score (nSPS) is 11.3. The predicted molar refractivity (Wildman–Crippen MR) is 96.3 cm³/mol. The first-order chi connectivity index (χ1) is 13.7. The van der Waals surface area contributed by atoms with Crippen molar-refractivity contribution in [2.75, 3.05) is 13.7 Å². The Morgan fingerprint density at radius 1 is 1.10 bits per heavy atom. The summed E-state index contributed by atoms with van der Waals surface area (Å²) in [4.78, 5) is 23.9. The lowest BCUT2D eigenvalue weighted by Gasteiger charge is -2.14. The molecule has 0 amide bonds. The minimum atomic E-state index is -4.98. The highest BCUT2D eigenvalue weighted by atomic mass is 19.4. The zero-order valence-electron chi connectivity index (χ0n) is 15.3. The number of esters is 1. The van der Waals surface area contributed by atoms with Gasteiger partial charge in [-0.25, -0.2) is 4.79 Å². The quantitative estimate of drug-likeness (QED) is 0.580. The molecule has 29 heavy (non-hydrogen) atoms. The molecule has 1 heterocycles. The average molecular weight is 408 g/mol. The van der Waals surface area contributed by atoms with E-state index in [1.165, 1.54) is 24.3 Å². The molecule has 0 aliphatic heterocycles. The molecule has 2 aromatic carbocycles. The van der Waals surface area contributed by atoms with Crippen LogP contribution in [-0.2, 0) is 15.7 Å². The summed E-state index contributed by atoms with van der Waals surface area (Å²) in [6.45, 7) is 1.28. The van der Waals surface area contributed by atoms with E-state index in [9.17, 15) is 22.8 Å². The highest BCUT2D eigenvalue weighted by Gasteiger charge is 2.40. The van der Waals surface area contributed by atoms with Crippen LogP contribution in [-0.4, -0.2) is 19.7 Å². The Bertz CT molecular complexity index is 1120. The number of methoxy groups -OCH3 is 1. The van der Waals surface area contributed by atoms with Crippen molar-refractivity contribution in [2.24, 2.45) is 0 Å². The van der Waals surface area contributed by atoms with Crippen LogP contribution in [0.1, 0.15) is 11.3 Å². The smallest absolute Gasteiger partial charge is 0.453 e. The van der Waals surface area contributed by atoms with Gasteiger partial charge in [-0.3, -0.25) is 4.79 Å². The molecule has 0 aliphatic carbocycles. The summed E-state index contributed by atoms with van der Waals surface area (Å²) in [7, 11) is 1.16. The number of hydrogen-bond acceptors (Lipinski definition) is 6. The number of fused-ring (bicyclic) bond motifs is 1. The highest BCUT2D eigenvalue weighted by molar-refractivity contribution is 5.80. The van der Waals surface area contributed by atoms with E-state index in [0.717, 1.165) is 18.7 Å². The number of hydrogen-bond donors (Lipinski definition) is 0.